The van der Waals surface area contributed by atoms with Gasteiger partial charge in [0.15, 0.2) is 0 Å². The Kier molecular flexibility index (Phi) is 6.31. The molecule has 2 aliphatic rings. The summed E-state index contributed by atoms with van der Waals surface area (Å²) in [5.41, 5.74) is 6.38. The van der Waals surface area contributed by atoms with Crippen LogP contribution in [0.25, 0.3) is 0 Å². The highest BCUT2D eigenvalue weighted by molar-refractivity contribution is 4.95. The quantitative estimate of drug-likeness (QED) is 0.694. The first-order valence-corrected chi connectivity index (χ1v) is 8.89. The molecule has 0 saturated carbocycles. The van der Waals surface area contributed by atoms with E-state index in [9.17, 15) is 0 Å². The van der Waals surface area contributed by atoms with Crippen LogP contribution in [0.4, 0.5) is 0 Å². The maximum Gasteiger partial charge on any atom is 0.0304 e. The van der Waals surface area contributed by atoms with Crippen LogP contribution >= 0.6 is 0 Å². The Morgan fingerprint density at radius 2 is 1.85 bits per heavy atom. The molecule has 0 amide bonds. The SMILES string of the molecule is CCCCCCC(C)(CN)N1CCC(N2CCCC2)C1. The van der Waals surface area contributed by atoms with Crippen molar-refractivity contribution in [3.05, 3.63) is 0 Å². The number of hydrogen-bond acceptors (Lipinski definition) is 3. The highest BCUT2D eigenvalue weighted by Crippen LogP contribution is 2.29. The van der Waals surface area contributed by atoms with Crippen LogP contribution in [0.3, 0.4) is 0 Å². The monoisotopic (exact) mass is 281 g/mol. The van der Waals surface area contributed by atoms with Gasteiger partial charge in [0.1, 0.15) is 0 Å². The molecule has 2 unspecified atom stereocenters. The van der Waals surface area contributed by atoms with E-state index in [1.54, 1.807) is 0 Å². The van der Waals surface area contributed by atoms with Gasteiger partial charge in [0.05, 0.1) is 0 Å². The van der Waals surface area contributed by atoms with Crippen LogP contribution in [0.5, 0.6) is 0 Å². The molecule has 3 nitrogen and oxygen atoms in total. The first kappa shape index (κ1) is 16.3. The minimum absolute atomic E-state index is 0.238. The fourth-order valence-electron chi connectivity index (χ4n) is 3.96. The average molecular weight is 281 g/mol. The highest BCUT2D eigenvalue weighted by Gasteiger charge is 2.37. The number of likely N-dealkylation sites (tertiary alicyclic amines) is 2. The predicted molar refractivity (Wildman–Crippen MR) is 87.0 cm³/mol. The standard InChI is InChI=1S/C17H35N3/c1-3-4-5-6-10-17(2,15-18)20-13-9-16(14-20)19-11-7-8-12-19/h16H,3-15,18H2,1-2H3. The smallest absolute Gasteiger partial charge is 0.0304 e. The molecular formula is C17H35N3. The summed E-state index contributed by atoms with van der Waals surface area (Å²) in [4.78, 5) is 5.41. The average Bonchev–Trinajstić information content (AvgIpc) is 3.13. The van der Waals surface area contributed by atoms with Crippen molar-refractivity contribution in [1.29, 1.82) is 0 Å². The molecule has 0 bridgehead atoms. The molecule has 2 atom stereocenters. The molecule has 0 aliphatic carbocycles. The second-order valence-electron chi connectivity index (χ2n) is 7.14. The highest BCUT2D eigenvalue weighted by atomic mass is 15.3. The molecule has 2 N–H and O–H groups in total. The first-order chi connectivity index (χ1) is 9.69. The molecule has 0 radical (unpaired) electrons. The minimum atomic E-state index is 0.238. The van der Waals surface area contributed by atoms with Crippen molar-refractivity contribution >= 4 is 0 Å². The molecule has 0 aromatic heterocycles. The summed E-state index contributed by atoms with van der Waals surface area (Å²) in [5.74, 6) is 0. The van der Waals surface area contributed by atoms with E-state index in [2.05, 4.69) is 23.6 Å². The van der Waals surface area contributed by atoms with Gasteiger partial charge in [0.2, 0.25) is 0 Å². The van der Waals surface area contributed by atoms with Crippen LogP contribution in [0.1, 0.15) is 65.2 Å². The van der Waals surface area contributed by atoms with Gasteiger partial charge in [-0.3, -0.25) is 9.80 Å². The molecular weight excluding hydrogens is 246 g/mol. The minimum Gasteiger partial charge on any atom is -0.329 e. The van der Waals surface area contributed by atoms with Gasteiger partial charge in [-0.05, 0) is 45.7 Å². The molecule has 118 valence electrons. The Labute approximate surface area is 125 Å². The summed E-state index contributed by atoms with van der Waals surface area (Å²) in [6.45, 7) is 10.6. The first-order valence-electron chi connectivity index (χ1n) is 8.89. The van der Waals surface area contributed by atoms with Gasteiger partial charge < -0.3 is 5.73 Å². The van der Waals surface area contributed by atoms with Crippen molar-refractivity contribution in [1.82, 2.24) is 9.80 Å². The Bertz CT molecular complexity index is 275. The number of nitrogens with two attached hydrogens (primary N) is 1. The van der Waals surface area contributed by atoms with E-state index in [0.29, 0.717) is 0 Å². The zero-order valence-corrected chi connectivity index (χ0v) is 13.7. The normalized spacial score (nSPS) is 28.1. The Morgan fingerprint density at radius 3 is 2.50 bits per heavy atom. The van der Waals surface area contributed by atoms with E-state index in [-0.39, 0.29) is 5.54 Å². The van der Waals surface area contributed by atoms with Crippen LogP contribution in [0, 0.1) is 0 Å². The largest absolute Gasteiger partial charge is 0.329 e. The third-order valence-electron chi connectivity index (χ3n) is 5.59. The summed E-state index contributed by atoms with van der Waals surface area (Å²) < 4.78 is 0. The van der Waals surface area contributed by atoms with Crippen LogP contribution < -0.4 is 5.73 Å². The van der Waals surface area contributed by atoms with E-state index in [0.717, 1.165) is 12.6 Å². The fraction of sp³-hybridized carbons (Fsp3) is 1.00. The fourth-order valence-corrected chi connectivity index (χ4v) is 3.96. The van der Waals surface area contributed by atoms with Crippen molar-refractivity contribution in [2.24, 2.45) is 5.73 Å². The van der Waals surface area contributed by atoms with E-state index in [4.69, 9.17) is 5.73 Å². The van der Waals surface area contributed by atoms with Crippen LogP contribution in [0.15, 0.2) is 0 Å². The predicted octanol–water partition coefficient (Wildman–Crippen LogP) is 2.84. The maximum absolute atomic E-state index is 6.15. The molecule has 2 aliphatic heterocycles. The molecule has 0 aromatic carbocycles. The Balaban J connectivity index is 1.81. The van der Waals surface area contributed by atoms with Gasteiger partial charge in [0, 0.05) is 31.2 Å². The van der Waals surface area contributed by atoms with Crippen LogP contribution in [-0.2, 0) is 0 Å². The van der Waals surface area contributed by atoms with E-state index in [1.807, 2.05) is 0 Å². The second-order valence-corrected chi connectivity index (χ2v) is 7.14. The summed E-state index contributed by atoms with van der Waals surface area (Å²) in [7, 11) is 0. The van der Waals surface area contributed by atoms with Gasteiger partial charge in [-0.1, -0.05) is 32.6 Å². The molecule has 3 heteroatoms. The number of nitrogens with zero attached hydrogens (tertiary/aromatic N) is 2. The van der Waals surface area contributed by atoms with Crippen molar-refractivity contribution in [2.45, 2.75) is 76.8 Å². The van der Waals surface area contributed by atoms with Gasteiger partial charge >= 0.3 is 0 Å². The molecule has 2 rings (SSSR count). The van der Waals surface area contributed by atoms with Crippen molar-refractivity contribution in [3.8, 4) is 0 Å². The molecule has 2 heterocycles. The van der Waals surface area contributed by atoms with Crippen LogP contribution in [-0.4, -0.2) is 54.1 Å². The van der Waals surface area contributed by atoms with E-state index < -0.39 is 0 Å². The van der Waals surface area contributed by atoms with Crippen LogP contribution in [0.2, 0.25) is 0 Å². The summed E-state index contributed by atoms with van der Waals surface area (Å²) >= 11 is 0. The number of hydrogen-bond donors (Lipinski definition) is 1. The molecule has 2 fully saturated rings. The van der Waals surface area contributed by atoms with E-state index >= 15 is 0 Å². The van der Waals surface area contributed by atoms with Gasteiger partial charge in [-0.2, -0.15) is 0 Å². The second kappa shape index (κ2) is 7.77. The third kappa shape index (κ3) is 3.96. The molecule has 0 aromatic rings. The number of unbranched alkanes of at least 4 members (excludes halogenated alkanes) is 3. The van der Waals surface area contributed by atoms with Gasteiger partial charge in [0.25, 0.3) is 0 Å². The Hall–Kier alpha value is -0.120. The molecule has 0 spiro atoms. The van der Waals surface area contributed by atoms with Crippen molar-refractivity contribution < 1.29 is 0 Å². The molecule has 2 saturated heterocycles. The lowest BCUT2D eigenvalue weighted by molar-refractivity contribution is 0.115. The zero-order chi connectivity index (χ0) is 14.4. The third-order valence-corrected chi connectivity index (χ3v) is 5.59. The summed E-state index contributed by atoms with van der Waals surface area (Å²) in [6.07, 6.45) is 10.8. The maximum atomic E-state index is 6.15. The van der Waals surface area contributed by atoms with Gasteiger partial charge in [-0.15, -0.1) is 0 Å². The lowest BCUT2D eigenvalue weighted by Crippen LogP contribution is -2.51. The van der Waals surface area contributed by atoms with E-state index in [1.165, 1.54) is 77.5 Å². The molecule has 20 heavy (non-hydrogen) atoms. The van der Waals surface area contributed by atoms with Crippen molar-refractivity contribution in [2.75, 3.05) is 32.7 Å². The lowest BCUT2D eigenvalue weighted by atomic mass is 9.92. The van der Waals surface area contributed by atoms with Crippen molar-refractivity contribution in [3.63, 3.8) is 0 Å². The lowest BCUT2D eigenvalue weighted by Gasteiger charge is -2.39. The summed E-state index contributed by atoms with van der Waals surface area (Å²) in [5, 5.41) is 0. The van der Waals surface area contributed by atoms with Gasteiger partial charge in [-0.25, -0.2) is 0 Å². The summed E-state index contributed by atoms with van der Waals surface area (Å²) in [6, 6.07) is 0.805. The number of rotatable bonds is 8. The Morgan fingerprint density at radius 1 is 1.10 bits per heavy atom. The topological polar surface area (TPSA) is 32.5 Å². The zero-order valence-electron chi connectivity index (χ0n) is 13.7.